The largest absolute Gasteiger partial charge is 0.476 e. The van der Waals surface area contributed by atoms with E-state index in [-0.39, 0.29) is 12.2 Å². The lowest BCUT2D eigenvalue weighted by Crippen LogP contribution is -2.10. The van der Waals surface area contributed by atoms with Crippen molar-refractivity contribution in [2.24, 2.45) is 4.99 Å². The monoisotopic (exact) mass is 415 g/mol. The van der Waals surface area contributed by atoms with Gasteiger partial charge < -0.3 is 5.11 Å². The summed E-state index contributed by atoms with van der Waals surface area (Å²) in [5.74, 6) is -1.51. The molecule has 1 aliphatic heterocycles. The number of aliphatic imine (C=N–C) groups is 1. The number of nitrogens with zero attached hydrogens (tertiary/aromatic N) is 3. The van der Waals surface area contributed by atoms with Crippen molar-refractivity contribution < 1.29 is 14.3 Å². The molecule has 1 N–H and O–H groups in total. The van der Waals surface area contributed by atoms with Gasteiger partial charge in [-0.1, -0.05) is 51.4 Å². The molecule has 0 bridgehead atoms. The normalized spacial score (nSPS) is 11.4. The van der Waals surface area contributed by atoms with E-state index in [2.05, 4.69) is 10.1 Å². The van der Waals surface area contributed by atoms with Crippen LogP contribution in [-0.4, -0.2) is 26.6 Å². The first-order valence-electron chi connectivity index (χ1n) is 9.46. The average molecular weight is 416 g/mol. The van der Waals surface area contributed by atoms with E-state index >= 15 is 0 Å². The fraction of sp³-hybridized carbons (Fsp3) is 0.227. The van der Waals surface area contributed by atoms with E-state index in [1.165, 1.54) is 16.8 Å². The molecule has 0 atom stereocenters. The fourth-order valence-electron chi connectivity index (χ4n) is 2.86. The first-order chi connectivity index (χ1) is 14.0. The Kier molecular flexibility index (Phi) is 7.67. The number of hydrogen-bond donors (Lipinski definition) is 1. The highest BCUT2D eigenvalue weighted by molar-refractivity contribution is 6.31. The Morgan fingerprint density at radius 2 is 1.76 bits per heavy atom. The maximum absolute atomic E-state index is 14.3. The highest BCUT2D eigenvalue weighted by atomic mass is 35.5. The summed E-state index contributed by atoms with van der Waals surface area (Å²) < 4.78 is 15.8. The van der Waals surface area contributed by atoms with Crippen molar-refractivity contribution >= 4 is 23.3 Å². The number of halogens is 2. The zero-order chi connectivity index (χ0) is 21.6. The van der Waals surface area contributed by atoms with Crippen molar-refractivity contribution in [2.45, 2.75) is 34.2 Å². The van der Waals surface area contributed by atoms with Gasteiger partial charge in [0.25, 0.3) is 0 Å². The lowest BCUT2D eigenvalue weighted by atomic mass is 10.00. The zero-order valence-corrected chi connectivity index (χ0v) is 17.5. The SMILES string of the molecule is CC.CC.O=C(O)c1cc2n(n1)-c1ccc(Cl)cc1C(c1ccccc1F)=NC2. The van der Waals surface area contributed by atoms with Crippen LogP contribution in [0, 0.1) is 5.82 Å². The maximum Gasteiger partial charge on any atom is 0.356 e. The minimum absolute atomic E-state index is 0.0690. The highest BCUT2D eigenvalue weighted by Gasteiger charge is 2.23. The Morgan fingerprint density at radius 3 is 2.41 bits per heavy atom. The van der Waals surface area contributed by atoms with Crippen molar-refractivity contribution in [3.63, 3.8) is 0 Å². The van der Waals surface area contributed by atoms with Gasteiger partial charge in [0.05, 0.1) is 23.6 Å². The van der Waals surface area contributed by atoms with Gasteiger partial charge in [0.1, 0.15) is 5.82 Å². The number of benzene rings is 2. The molecule has 7 heteroatoms. The summed E-state index contributed by atoms with van der Waals surface area (Å²) in [7, 11) is 0. The Hall–Kier alpha value is -2.99. The third-order valence-electron chi connectivity index (χ3n) is 3.97. The number of carboxylic acids is 1. The molecule has 152 valence electrons. The summed E-state index contributed by atoms with van der Waals surface area (Å²) in [4.78, 5) is 15.7. The summed E-state index contributed by atoms with van der Waals surface area (Å²) >= 11 is 6.13. The average Bonchev–Trinajstić information content (AvgIpc) is 3.11. The molecule has 0 amide bonds. The Balaban J connectivity index is 0.000000707. The first kappa shape index (κ1) is 22.3. The third-order valence-corrected chi connectivity index (χ3v) is 4.21. The minimum Gasteiger partial charge on any atom is -0.476 e. The van der Waals surface area contributed by atoms with Crippen LogP contribution in [0.1, 0.15) is 55.0 Å². The molecule has 0 fully saturated rings. The maximum atomic E-state index is 14.3. The van der Waals surface area contributed by atoms with Crippen molar-refractivity contribution in [1.82, 2.24) is 9.78 Å². The minimum atomic E-state index is -1.12. The van der Waals surface area contributed by atoms with E-state index < -0.39 is 11.8 Å². The summed E-state index contributed by atoms with van der Waals surface area (Å²) in [5.41, 5.74) is 2.55. The van der Waals surface area contributed by atoms with E-state index in [9.17, 15) is 14.3 Å². The van der Waals surface area contributed by atoms with Gasteiger partial charge >= 0.3 is 5.97 Å². The molecule has 0 unspecified atom stereocenters. The van der Waals surface area contributed by atoms with Gasteiger partial charge in [-0.15, -0.1) is 0 Å². The van der Waals surface area contributed by atoms with Crippen LogP contribution >= 0.6 is 11.6 Å². The summed E-state index contributed by atoms with van der Waals surface area (Å²) in [5, 5.41) is 13.8. The number of fused-ring (bicyclic) bond motifs is 3. The van der Waals surface area contributed by atoms with E-state index in [0.29, 0.717) is 33.2 Å². The summed E-state index contributed by atoms with van der Waals surface area (Å²) in [6.45, 7) is 8.18. The second kappa shape index (κ2) is 9.98. The number of aromatic nitrogens is 2. The predicted molar refractivity (Wildman–Crippen MR) is 114 cm³/mol. The lowest BCUT2D eigenvalue weighted by Gasteiger charge is -2.12. The summed E-state index contributed by atoms with van der Waals surface area (Å²) in [6, 6.07) is 12.9. The second-order valence-electron chi connectivity index (χ2n) is 5.54. The van der Waals surface area contributed by atoms with Gasteiger partial charge in [0.2, 0.25) is 0 Å². The molecule has 0 radical (unpaired) electrons. The van der Waals surface area contributed by atoms with Gasteiger partial charge in [-0.3, -0.25) is 4.99 Å². The van der Waals surface area contributed by atoms with Crippen molar-refractivity contribution in [1.29, 1.82) is 0 Å². The topological polar surface area (TPSA) is 67.5 Å². The number of rotatable bonds is 2. The fourth-order valence-corrected chi connectivity index (χ4v) is 3.03. The molecule has 0 aliphatic carbocycles. The molecule has 2 aromatic carbocycles. The highest BCUT2D eigenvalue weighted by Crippen LogP contribution is 2.28. The number of carbonyl (C=O) groups is 1. The number of carboxylic acid groups (broad SMARTS) is 1. The molecule has 2 heterocycles. The van der Waals surface area contributed by atoms with Crippen LogP contribution in [0.2, 0.25) is 5.02 Å². The van der Waals surface area contributed by atoms with E-state index in [0.717, 1.165) is 0 Å². The molecule has 0 saturated carbocycles. The Morgan fingerprint density at radius 1 is 1.07 bits per heavy atom. The zero-order valence-electron chi connectivity index (χ0n) is 16.8. The first-order valence-corrected chi connectivity index (χ1v) is 9.84. The number of aromatic carboxylic acids is 1. The van der Waals surface area contributed by atoms with Crippen LogP contribution in [0.5, 0.6) is 0 Å². The van der Waals surface area contributed by atoms with Gasteiger partial charge in [-0.25, -0.2) is 13.9 Å². The van der Waals surface area contributed by atoms with Crippen LogP contribution in [0.4, 0.5) is 4.39 Å². The lowest BCUT2D eigenvalue weighted by molar-refractivity contribution is 0.0690. The van der Waals surface area contributed by atoms with Gasteiger partial charge in [0, 0.05) is 16.1 Å². The van der Waals surface area contributed by atoms with Crippen LogP contribution in [-0.2, 0) is 6.54 Å². The number of hydrogen-bond acceptors (Lipinski definition) is 3. The molecular formula is C22H23ClFN3O2. The van der Waals surface area contributed by atoms with E-state index in [4.69, 9.17) is 11.6 Å². The summed E-state index contributed by atoms with van der Waals surface area (Å²) in [6.07, 6.45) is 0. The Bertz CT molecular complexity index is 1040. The molecular weight excluding hydrogens is 393 g/mol. The molecule has 29 heavy (non-hydrogen) atoms. The van der Waals surface area contributed by atoms with Crippen LogP contribution < -0.4 is 0 Å². The Labute approximate surface area is 174 Å². The van der Waals surface area contributed by atoms with Gasteiger partial charge in [-0.2, -0.15) is 5.10 Å². The molecule has 1 aromatic heterocycles. The molecule has 1 aliphatic rings. The van der Waals surface area contributed by atoms with Gasteiger partial charge in [-0.05, 0) is 36.4 Å². The van der Waals surface area contributed by atoms with Crippen molar-refractivity contribution in [2.75, 3.05) is 0 Å². The van der Waals surface area contributed by atoms with Crippen LogP contribution in [0.15, 0.2) is 53.5 Å². The predicted octanol–water partition coefficient (Wildman–Crippen LogP) is 5.77. The van der Waals surface area contributed by atoms with E-state index in [1.54, 1.807) is 36.4 Å². The molecule has 0 saturated heterocycles. The molecule has 5 nitrogen and oxygen atoms in total. The second-order valence-corrected chi connectivity index (χ2v) is 5.98. The van der Waals surface area contributed by atoms with Crippen LogP contribution in [0.3, 0.4) is 0 Å². The molecule has 0 spiro atoms. The molecule has 4 rings (SSSR count). The van der Waals surface area contributed by atoms with Gasteiger partial charge in [0.15, 0.2) is 5.69 Å². The van der Waals surface area contributed by atoms with E-state index in [1.807, 2.05) is 27.7 Å². The molecule has 3 aromatic rings. The standard InChI is InChI=1S/C18H11ClFN3O2.2C2H6/c19-10-5-6-16-13(7-10)17(12-3-1-2-4-14(12)20)21-9-11-8-15(18(24)25)22-23(11)16;2*1-2/h1-8H,9H2,(H,24,25);2*1-2H3. The third kappa shape index (κ3) is 4.54. The van der Waals surface area contributed by atoms with Crippen molar-refractivity contribution in [3.05, 3.63) is 81.9 Å². The van der Waals surface area contributed by atoms with Crippen molar-refractivity contribution in [3.8, 4) is 5.69 Å². The smallest absolute Gasteiger partial charge is 0.356 e. The quantitative estimate of drug-likeness (QED) is 0.578. The van der Waals surface area contributed by atoms with Crippen LogP contribution in [0.25, 0.3) is 5.69 Å².